The van der Waals surface area contributed by atoms with Gasteiger partial charge in [-0.15, -0.1) is 0 Å². The predicted molar refractivity (Wildman–Crippen MR) is 142 cm³/mol. The molecule has 2 rings (SSSR count). The van der Waals surface area contributed by atoms with Crippen LogP contribution in [0.5, 0.6) is 0 Å². The van der Waals surface area contributed by atoms with E-state index in [1.54, 1.807) is 12.1 Å². The minimum Gasteiger partial charge on any atom is -0.354 e. The Morgan fingerprint density at radius 1 is 1.09 bits per heavy atom. The van der Waals surface area contributed by atoms with Crippen molar-refractivity contribution in [2.45, 2.75) is 59.5 Å². The number of hydrogen-bond donors (Lipinski definition) is 1. The van der Waals surface area contributed by atoms with Crippen LogP contribution in [0.25, 0.3) is 0 Å². The van der Waals surface area contributed by atoms with E-state index in [4.69, 9.17) is 11.6 Å². The molecular weight excluding hydrogens is 486 g/mol. The van der Waals surface area contributed by atoms with Crippen molar-refractivity contribution in [3.05, 3.63) is 64.2 Å². The maximum Gasteiger partial charge on any atom is 0.244 e. The summed E-state index contributed by atoms with van der Waals surface area (Å²) in [5, 5.41) is 3.32. The van der Waals surface area contributed by atoms with Gasteiger partial charge in [-0.3, -0.25) is 13.9 Å². The van der Waals surface area contributed by atoms with Crippen LogP contribution in [-0.2, 0) is 26.2 Å². The van der Waals surface area contributed by atoms with E-state index in [0.717, 1.165) is 40.1 Å². The van der Waals surface area contributed by atoms with Crippen LogP contribution in [0, 0.1) is 13.8 Å². The van der Waals surface area contributed by atoms with Crippen molar-refractivity contribution in [3.63, 3.8) is 0 Å². The molecule has 0 saturated heterocycles. The van der Waals surface area contributed by atoms with Gasteiger partial charge < -0.3 is 10.2 Å². The smallest absolute Gasteiger partial charge is 0.244 e. The van der Waals surface area contributed by atoms with Crippen LogP contribution in [0.1, 0.15) is 49.8 Å². The molecule has 0 bridgehead atoms. The fourth-order valence-corrected chi connectivity index (χ4v) is 4.80. The Morgan fingerprint density at radius 3 is 2.37 bits per heavy atom. The van der Waals surface area contributed by atoms with E-state index in [1.165, 1.54) is 11.0 Å². The molecule has 1 unspecified atom stereocenters. The predicted octanol–water partition coefficient (Wildman–Crippen LogP) is 4.45. The molecule has 7 nitrogen and oxygen atoms in total. The zero-order valence-corrected chi connectivity index (χ0v) is 22.7. The summed E-state index contributed by atoms with van der Waals surface area (Å²) in [5.74, 6) is -0.711. The Bertz CT molecular complexity index is 1140. The van der Waals surface area contributed by atoms with Crippen molar-refractivity contribution in [1.29, 1.82) is 0 Å². The molecule has 0 saturated carbocycles. The largest absolute Gasteiger partial charge is 0.354 e. The molecule has 2 aromatic rings. The maximum atomic E-state index is 13.7. The van der Waals surface area contributed by atoms with Gasteiger partial charge in [0.1, 0.15) is 12.6 Å². The number of nitrogens with zero attached hydrogens (tertiary/aromatic N) is 2. The van der Waals surface area contributed by atoms with Gasteiger partial charge in [0.05, 0.1) is 11.9 Å². The molecule has 2 amide bonds. The van der Waals surface area contributed by atoms with E-state index in [2.05, 4.69) is 5.32 Å². The molecule has 9 heteroatoms. The van der Waals surface area contributed by atoms with Gasteiger partial charge in [0.2, 0.25) is 21.8 Å². The van der Waals surface area contributed by atoms with E-state index in [-0.39, 0.29) is 12.5 Å². The standard InChI is InChI=1S/C26H36ClN3O4S/c1-6-8-14-28-26(32)24(7-2)29(17-21-11-9-10-19(3)15-21)25(31)18-30(35(5,33)34)22-13-12-20(4)23(27)16-22/h9-13,15-16,24H,6-8,14,17-18H2,1-5H3,(H,28,32). The number of carbonyl (C=O) groups is 2. The fourth-order valence-electron chi connectivity index (χ4n) is 3.78. The molecule has 0 heterocycles. The van der Waals surface area contributed by atoms with Crippen molar-refractivity contribution in [2.75, 3.05) is 23.7 Å². The number of nitrogens with one attached hydrogen (secondary N) is 1. The molecule has 0 aliphatic heterocycles. The Labute approximate surface area is 214 Å². The highest BCUT2D eigenvalue weighted by Crippen LogP contribution is 2.25. The van der Waals surface area contributed by atoms with Crippen LogP contribution in [0.4, 0.5) is 5.69 Å². The minimum absolute atomic E-state index is 0.187. The van der Waals surface area contributed by atoms with Crippen LogP contribution < -0.4 is 9.62 Å². The summed E-state index contributed by atoms with van der Waals surface area (Å²) in [5.41, 5.74) is 2.99. The number of unbranched alkanes of at least 4 members (excludes halogenated alkanes) is 1. The summed E-state index contributed by atoms with van der Waals surface area (Å²) in [4.78, 5) is 28.2. The summed E-state index contributed by atoms with van der Waals surface area (Å²) in [6.07, 6.45) is 3.22. The molecule has 1 atom stereocenters. The number of anilines is 1. The highest BCUT2D eigenvalue weighted by atomic mass is 35.5. The lowest BCUT2D eigenvalue weighted by Gasteiger charge is -2.33. The lowest BCUT2D eigenvalue weighted by molar-refractivity contribution is -0.140. The highest BCUT2D eigenvalue weighted by molar-refractivity contribution is 7.92. The van der Waals surface area contributed by atoms with Crippen LogP contribution in [0.3, 0.4) is 0 Å². The summed E-state index contributed by atoms with van der Waals surface area (Å²) in [6, 6.07) is 11.8. The number of hydrogen-bond acceptors (Lipinski definition) is 4. The molecular formula is C26H36ClN3O4S. The average molecular weight is 522 g/mol. The molecule has 0 aromatic heterocycles. The van der Waals surface area contributed by atoms with E-state index in [9.17, 15) is 18.0 Å². The average Bonchev–Trinajstić information content (AvgIpc) is 2.78. The first-order valence-corrected chi connectivity index (χ1v) is 14.1. The first-order valence-electron chi connectivity index (χ1n) is 11.8. The van der Waals surface area contributed by atoms with Gasteiger partial charge in [-0.25, -0.2) is 8.42 Å². The second-order valence-electron chi connectivity index (χ2n) is 8.78. The Hall–Kier alpha value is -2.58. The summed E-state index contributed by atoms with van der Waals surface area (Å²) in [7, 11) is -3.80. The quantitative estimate of drug-likeness (QED) is 0.418. The van der Waals surface area contributed by atoms with E-state index >= 15 is 0 Å². The number of sulfonamides is 1. The van der Waals surface area contributed by atoms with Crippen LogP contribution >= 0.6 is 11.6 Å². The van der Waals surface area contributed by atoms with Crippen LogP contribution in [0.15, 0.2) is 42.5 Å². The molecule has 192 valence electrons. The third kappa shape index (κ3) is 8.25. The maximum absolute atomic E-state index is 13.7. The number of amides is 2. The zero-order valence-electron chi connectivity index (χ0n) is 21.2. The molecule has 2 aromatic carbocycles. The second kappa shape index (κ2) is 12.9. The lowest BCUT2D eigenvalue weighted by atomic mass is 10.1. The molecule has 1 N–H and O–H groups in total. The number of rotatable bonds is 12. The zero-order chi connectivity index (χ0) is 26.2. The minimum atomic E-state index is -3.80. The summed E-state index contributed by atoms with van der Waals surface area (Å²) < 4.78 is 26.4. The Balaban J connectivity index is 2.42. The van der Waals surface area contributed by atoms with Crippen LogP contribution in [0.2, 0.25) is 5.02 Å². The molecule has 0 aliphatic carbocycles. The van der Waals surface area contributed by atoms with Crippen molar-refractivity contribution in [3.8, 4) is 0 Å². The molecule has 0 radical (unpaired) electrons. The van der Waals surface area contributed by atoms with Crippen molar-refractivity contribution in [1.82, 2.24) is 10.2 Å². The monoisotopic (exact) mass is 521 g/mol. The third-order valence-electron chi connectivity index (χ3n) is 5.77. The van der Waals surface area contributed by atoms with Gasteiger partial charge in [-0.1, -0.05) is 67.8 Å². The SMILES string of the molecule is CCCCNC(=O)C(CC)N(Cc1cccc(C)c1)C(=O)CN(c1ccc(C)c(Cl)c1)S(C)(=O)=O. The van der Waals surface area contributed by atoms with Gasteiger partial charge >= 0.3 is 0 Å². The summed E-state index contributed by atoms with van der Waals surface area (Å²) >= 11 is 6.23. The fraction of sp³-hybridized carbons (Fsp3) is 0.462. The van der Waals surface area contributed by atoms with Gasteiger partial charge in [0.25, 0.3) is 0 Å². The van der Waals surface area contributed by atoms with Crippen molar-refractivity contribution < 1.29 is 18.0 Å². The van der Waals surface area contributed by atoms with Gasteiger partial charge in [-0.05, 0) is 49.9 Å². The highest BCUT2D eigenvalue weighted by Gasteiger charge is 2.31. The Kier molecular flexibility index (Phi) is 10.6. The number of benzene rings is 2. The number of halogens is 1. The number of aryl methyl sites for hydroxylation is 2. The topological polar surface area (TPSA) is 86.8 Å². The van der Waals surface area contributed by atoms with Gasteiger partial charge in [-0.2, -0.15) is 0 Å². The first kappa shape index (κ1) is 28.7. The molecule has 0 aliphatic rings. The van der Waals surface area contributed by atoms with Crippen molar-refractivity contribution in [2.24, 2.45) is 0 Å². The van der Waals surface area contributed by atoms with E-state index in [1.807, 2.05) is 52.0 Å². The second-order valence-corrected chi connectivity index (χ2v) is 11.1. The van der Waals surface area contributed by atoms with Crippen LogP contribution in [-0.4, -0.2) is 50.5 Å². The van der Waals surface area contributed by atoms with Crippen molar-refractivity contribution >= 4 is 39.1 Å². The third-order valence-corrected chi connectivity index (χ3v) is 7.32. The first-order chi connectivity index (χ1) is 16.5. The van der Waals surface area contributed by atoms with Gasteiger partial charge in [0.15, 0.2) is 0 Å². The molecule has 0 spiro atoms. The van der Waals surface area contributed by atoms with E-state index in [0.29, 0.717) is 23.7 Å². The van der Waals surface area contributed by atoms with Gasteiger partial charge in [0, 0.05) is 18.1 Å². The Morgan fingerprint density at radius 2 is 1.80 bits per heavy atom. The normalized spacial score (nSPS) is 12.2. The number of carbonyl (C=O) groups excluding carboxylic acids is 2. The molecule has 35 heavy (non-hydrogen) atoms. The summed E-state index contributed by atoms with van der Waals surface area (Å²) in [6.45, 7) is 7.92. The molecule has 0 fully saturated rings. The van der Waals surface area contributed by atoms with E-state index < -0.39 is 28.5 Å². The lowest BCUT2D eigenvalue weighted by Crippen LogP contribution is -2.52.